The molecule has 2 aromatic rings. The molecule has 0 bridgehead atoms. The molecular formula is C22H24F3NO4S. The summed E-state index contributed by atoms with van der Waals surface area (Å²) in [5, 5.41) is 0. The Hall–Kier alpha value is -2.55. The second-order valence-corrected chi connectivity index (χ2v) is 10.7. The number of carbonyl (C=O) groups is 1. The summed E-state index contributed by atoms with van der Waals surface area (Å²) >= 11 is 0. The SMILES string of the molecule is CC(C)(C)OC(=O)N1CC(c2ccc(-c3ccc(C(F)(F)F)cc3S(C)(=O)=O)cc2)C1. The number of sulfone groups is 1. The zero-order valence-corrected chi connectivity index (χ0v) is 18.5. The van der Waals surface area contributed by atoms with Gasteiger partial charge in [-0.15, -0.1) is 0 Å². The molecule has 0 atom stereocenters. The van der Waals surface area contributed by atoms with Crippen molar-refractivity contribution in [2.24, 2.45) is 0 Å². The van der Waals surface area contributed by atoms with Crippen molar-refractivity contribution in [3.05, 3.63) is 53.6 Å². The molecular weight excluding hydrogens is 431 g/mol. The van der Waals surface area contributed by atoms with Crippen LogP contribution in [0.2, 0.25) is 0 Å². The Kier molecular flexibility index (Phi) is 5.86. The number of nitrogens with zero attached hydrogens (tertiary/aromatic N) is 1. The van der Waals surface area contributed by atoms with Gasteiger partial charge < -0.3 is 9.64 Å². The van der Waals surface area contributed by atoms with Crippen molar-refractivity contribution in [1.82, 2.24) is 4.90 Å². The van der Waals surface area contributed by atoms with E-state index in [0.29, 0.717) is 24.7 Å². The van der Waals surface area contributed by atoms with Crippen LogP contribution in [0.4, 0.5) is 18.0 Å². The third-order valence-corrected chi connectivity index (χ3v) is 6.07. The van der Waals surface area contributed by atoms with Crippen molar-refractivity contribution in [3.8, 4) is 11.1 Å². The molecule has 2 aromatic carbocycles. The van der Waals surface area contributed by atoms with E-state index in [1.165, 1.54) is 6.07 Å². The van der Waals surface area contributed by atoms with Crippen LogP contribution in [0, 0.1) is 0 Å². The molecule has 1 aliphatic heterocycles. The molecule has 3 rings (SSSR count). The van der Waals surface area contributed by atoms with Crippen LogP contribution in [0.5, 0.6) is 0 Å². The van der Waals surface area contributed by atoms with E-state index in [1.807, 2.05) is 0 Å². The summed E-state index contributed by atoms with van der Waals surface area (Å²) in [4.78, 5) is 13.3. The molecule has 0 saturated carbocycles. The first-order chi connectivity index (χ1) is 14.1. The number of likely N-dealkylation sites (tertiary alicyclic amines) is 1. The third-order valence-electron chi connectivity index (χ3n) is 4.93. The van der Waals surface area contributed by atoms with E-state index in [1.54, 1.807) is 49.9 Å². The standard InChI is InChI=1S/C22H24F3NO4S/c1-21(2,3)30-20(27)26-12-16(13-26)14-5-7-15(8-6-14)18-10-9-17(22(23,24)25)11-19(18)31(4,28)29/h5-11,16H,12-13H2,1-4H3. The molecule has 168 valence electrons. The number of ether oxygens (including phenoxy) is 1. The van der Waals surface area contributed by atoms with E-state index in [-0.39, 0.29) is 22.5 Å². The van der Waals surface area contributed by atoms with E-state index >= 15 is 0 Å². The molecule has 0 aromatic heterocycles. The number of hydrogen-bond acceptors (Lipinski definition) is 4. The van der Waals surface area contributed by atoms with Gasteiger partial charge in [0.25, 0.3) is 0 Å². The lowest BCUT2D eigenvalue weighted by molar-refractivity contribution is -0.137. The number of benzene rings is 2. The largest absolute Gasteiger partial charge is 0.444 e. The van der Waals surface area contributed by atoms with Crippen molar-refractivity contribution in [3.63, 3.8) is 0 Å². The Bertz CT molecular complexity index is 1080. The lowest BCUT2D eigenvalue weighted by Gasteiger charge is -2.40. The number of alkyl halides is 3. The summed E-state index contributed by atoms with van der Waals surface area (Å²) < 4.78 is 68.6. The Morgan fingerprint density at radius 3 is 2.10 bits per heavy atom. The first-order valence-corrected chi connectivity index (χ1v) is 11.5. The van der Waals surface area contributed by atoms with Gasteiger partial charge in [-0.1, -0.05) is 30.3 Å². The highest BCUT2D eigenvalue weighted by Gasteiger charge is 2.35. The molecule has 1 amide bonds. The lowest BCUT2D eigenvalue weighted by Crippen LogP contribution is -2.50. The molecule has 0 radical (unpaired) electrons. The minimum atomic E-state index is -4.63. The van der Waals surface area contributed by atoms with Crippen LogP contribution in [-0.2, 0) is 20.8 Å². The smallest absolute Gasteiger partial charge is 0.416 e. The van der Waals surface area contributed by atoms with Gasteiger partial charge in [0.15, 0.2) is 9.84 Å². The second-order valence-electron chi connectivity index (χ2n) is 8.69. The highest BCUT2D eigenvalue weighted by Crippen LogP contribution is 2.36. The summed E-state index contributed by atoms with van der Waals surface area (Å²) in [6.45, 7) is 6.40. The van der Waals surface area contributed by atoms with E-state index in [0.717, 1.165) is 17.9 Å². The molecule has 31 heavy (non-hydrogen) atoms. The maximum absolute atomic E-state index is 13.0. The van der Waals surface area contributed by atoms with Crippen LogP contribution in [0.25, 0.3) is 11.1 Å². The minimum absolute atomic E-state index is 0.114. The van der Waals surface area contributed by atoms with E-state index in [4.69, 9.17) is 4.74 Å². The highest BCUT2D eigenvalue weighted by atomic mass is 32.2. The quantitative estimate of drug-likeness (QED) is 0.645. The Labute approximate surface area is 179 Å². The number of rotatable bonds is 3. The summed E-state index contributed by atoms with van der Waals surface area (Å²) in [6.07, 6.45) is -4.12. The van der Waals surface area contributed by atoms with Gasteiger partial charge in [0, 0.05) is 30.8 Å². The first kappa shape index (κ1) is 23.1. The van der Waals surface area contributed by atoms with Gasteiger partial charge in [0.1, 0.15) is 5.60 Å². The predicted octanol–water partition coefficient (Wildman–Crippen LogP) is 5.11. The van der Waals surface area contributed by atoms with Gasteiger partial charge >= 0.3 is 12.3 Å². The van der Waals surface area contributed by atoms with E-state index in [2.05, 4.69) is 0 Å². The topological polar surface area (TPSA) is 63.7 Å². The lowest BCUT2D eigenvalue weighted by atomic mass is 9.90. The molecule has 0 unspecified atom stereocenters. The van der Waals surface area contributed by atoms with Crippen LogP contribution in [0.1, 0.15) is 37.8 Å². The molecule has 1 fully saturated rings. The fraction of sp³-hybridized carbons (Fsp3) is 0.409. The predicted molar refractivity (Wildman–Crippen MR) is 111 cm³/mol. The third kappa shape index (κ3) is 5.39. The van der Waals surface area contributed by atoms with Gasteiger partial charge in [0.05, 0.1) is 10.5 Å². The summed E-state index contributed by atoms with van der Waals surface area (Å²) in [7, 11) is -3.87. The fourth-order valence-corrected chi connectivity index (χ4v) is 4.27. The van der Waals surface area contributed by atoms with Crippen LogP contribution >= 0.6 is 0 Å². The number of halogens is 3. The van der Waals surface area contributed by atoms with E-state index < -0.39 is 27.2 Å². The van der Waals surface area contributed by atoms with Crippen molar-refractivity contribution >= 4 is 15.9 Å². The average molecular weight is 455 g/mol. The first-order valence-electron chi connectivity index (χ1n) is 9.65. The zero-order valence-electron chi connectivity index (χ0n) is 17.7. The summed E-state index contributed by atoms with van der Waals surface area (Å²) in [5.74, 6) is 0.114. The van der Waals surface area contributed by atoms with Crippen LogP contribution < -0.4 is 0 Å². The number of hydrogen-bond donors (Lipinski definition) is 0. The van der Waals surface area contributed by atoms with Crippen LogP contribution in [0.15, 0.2) is 47.4 Å². The van der Waals surface area contributed by atoms with Gasteiger partial charge in [-0.25, -0.2) is 13.2 Å². The molecule has 9 heteroatoms. The maximum atomic E-state index is 13.0. The fourth-order valence-electron chi connectivity index (χ4n) is 3.34. The Morgan fingerprint density at radius 1 is 1.03 bits per heavy atom. The van der Waals surface area contributed by atoms with E-state index in [9.17, 15) is 26.4 Å². The summed E-state index contributed by atoms with van der Waals surface area (Å²) in [6, 6.07) is 9.70. The molecule has 1 aliphatic rings. The second kappa shape index (κ2) is 7.85. The minimum Gasteiger partial charge on any atom is -0.444 e. The summed E-state index contributed by atoms with van der Waals surface area (Å²) in [5.41, 5.74) is 0.0941. The van der Waals surface area contributed by atoms with Gasteiger partial charge in [-0.05, 0) is 44.0 Å². The molecule has 1 saturated heterocycles. The van der Waals surface area contributed by atoms with Crippen molar-refractivity contribution in [2.45, 2.75) is 43.4 Å². The Balaban J connectivity index is 1.79. The van der Waals surface area contributed by atoms with Gasteiger partial charge in [-0.3, -0.25) is 0 Å². The van der Waals surface area contributed by atoms with Crippen LogP contribution in [0.3, 0.4) is 0 Å². The van der Waals surface area contributed by atoms with Crippen molar-refractivity contribution in [2.75, 3.05) is 19.3 Å². The Morgan fingerprint density at radius 2 is 1.61 bits per heavy atom. The van der Waals surface area contributed by atoms with Crippen molar-refractivity contribution < 1.29 is 31.1 Å². The number of amides is 1. The average Bonchev–Trinajstić information content (AvgIpc) is 2.57. The maximum Gasteiger partial charge on any atom is 0.416 e. The van der Waals surface area contributed by atoms with Crippen molar-refractivity contribution in [1.29, 1.82) is 0 Å². The molecule has 0 N–H and O–H groups in total. The molecule has 0 spiro atoms. The monoisotopic (exact) mass is 455 g/mol. The van der Waals surface area contributed by atoms with Crippen LogP contribution in [-0.4, -0.2) is 44.4 Å². The highest BCUT2D eigenvalue weighted by molar-refractivity contribution is 7.90. The molecule has 0 aliphatic carbocycles. The number of carbonyl (C=O) groups excluding carboxylic acids is 1. The normalized spacial score (nSPS) is 15.5. The molecule has 5 nitrogen and oxygen atoms in total. The zero-order chi connectivity index (χ0) is 23.2. The molecule has 1 heterocycles. The van der Waals surface area contributed by atoms with Gasteiger partial charge in [0.2, 0.25) is 0 Å². The van der Waals surface area contributed by atoms with Gasteiger partial charge in [-0.2, -0.15) is 13.2 Å².